The molecule has 0 aliphatic heterocycles. The Hall–Kier alpha value is -6.07. The molecule has 0 bridgehead atoms. The summed E-state index contributed by atoms with van der Waals surface area (Å²) in [6.07, 6.45) is 0. The van der Waals surface area contributed by atoms with E-state index in [1.165, 1.54) is 5.56 Å². The molecule has 0 amide bonds. The molecule has 0 saturated heterocycles. The molecular formula is C39H23N3O2. The summed E-state index contributed by atoms with van der Waals surface area (Å²) < 4.78 is 12.5. The first-order valence-corrected chi connectivity index (χ1v) is 14.5. The normalized spacial score (nSPS) is 11.6. The lowest BCUT2D eigenvalue weighted by atomic mass is 10.0. The predicted octanol–water partition coefficient (Wildman–Crippen LogP) is 10.3. The minimum atomic E-state index is 0.589. The van der Waals surface area contributed by atoms with Crippen LogP contribution in [0.1, 0.15) is 0 Å². The average molecular weight is 566 g/mol. The van der Waals surface area contributed by atoms with Gasteiger partial charge >= 0.3 is 0 Å². The summed E-state index contributed by atoms with van der Waals surface area (Å²) in [6.45, 7) is 0. The zero-order valence-electron chi connectivity index (χ0n) is 23.4. The van der Waals surface area contributed by atoms with Crippen molar-refractivity contribution in [2.24, 2.45) is 0 Å². The topological polar surface area (TPSA) is 65.0 Å². The summed E-state index contributed by atoms with van der Waals surface area (Å²) >= 11 is 0. The molecule has 5 heteroatoms. The van der Waals surface area contributed by atoms with Gasteiger partial charge in [0.2, 0.25) is 0 Å². The Morgan fingerprint density at radius 1 is 0.341 bits per heavy atom. The molecule has 0 saturated carbocycles. The van der Waals surface area contributed by atoms with Crippen molar-refractivity contribution in [1.29, 1.82) is 0 Å². The van der Waals surface area contributed by atoms with E-state index in [9.17, 15) is 0 Å². The zero-order valence-corrected chi connectivity index (χ0v) is 23.4. The lowest BCUT2D eigenvalue weighted by Crippen LogP contribution is -2.00. The van der Waals surface area contributed by atoms with Gasteiger partial charge in [-0.25, -0.2) is 15.0 Å². The standard InChI is InChI=1S/C39H23N3O2/c1-3-10-24(11-4-1)25-18-20-27(21-19-25)38-40-37(26-12-5-2-6-13-26)41-39(42-38)29-15-9-17-33-36(29)31-22-30-28-14-7-8-16-32(28)43-34(30)23-35(31)44-33/h1-23H. The van der Waals surface area contributed by atoms with Crippen molar-refractivity contribution in [2.75, 3.05) is 0 Å². The van der Waals surface area contributed by atoms with E-state index in [4.69, 9.17) is 23.8 Å². The van der Waals surface area contributed by atoms with Gasteiger partial charge in [-0.2, -0.15) is 0 Å². The largest absolute Gasteiger partial charge is 0.456 e. The average Bonchev–Trinajstić information content (AvgIpc) is 3.65. The predicted molar refractivity (Wildman–Crippen MR) is 176 cm³/mol. The van der Waals surface area contributed by atoms with Gasteiger partial charge in [-0.1, -0.05) is 115 Å². The van der Waals surface area contributed by atoms with Gasteiger partial charge in [-0.3, -0.25) is 0 Å². The quantitative estimate of drug-likeness (QED) is 0.212. The van der Waals surface area contributed by atoms with Crippen LogP contribution in [0.15, 0.2) is 148 Å². The van der Waals surface area contributed by atoms with Gasteiger partial charge in [-0.15, -0.1) is 0 Å². The van der Waals surface area contributed by atoms with Crippen LogP contribution in [0, 0.1) is 0 Å². The molecule has 5 nitrogen and oxygen atoms in total. The first-order chi connectivity index (χ1) is 21.8. The van der Waals surface area contributed by atoms with Crippen LogP contribution in [0.3, 0.4) is 0 Å². The molecule has 3 heterocycles. The lowest BCUT2D eigenvalue weighted by Gasteiger charge is -2.10. The van der Waals surface area contributed by atoms with Crippen molar-refractivity contribution in [3.05, 3.63) is 140 Å². The highest BCUT2D eigenvalue weighted by Crippen LogP contribution is 2.40. The molecule has 0 fully saturated rings. The van der Waals surface area contributed by atoms with E-state index in [1.807, 2.05) is 84.9 Å². The van der Waals surface area contributed by atoms with Crippen molar-refractivity contribution in [3.63, 3.8) is 0 Å². The van der Waals surface area contributed by atoms with Crippen molar-refractivity contribution in [1.82, 2.24) is 15.0 Å². The van der Waals surface area contributed by atoms with Crippen LogP contribution in [0.4, 0.5) is 0 Å². The van der Waals surface area contributed by atoms with E-state index < -0.39 is 0 Å². The highest BCUT2D eigenvalue weighted by Gasteiger charge is 2.19. The minimum absolute atomic E-state index is 0.589. The summed E-state index contributed by atoms with van der Waals surface area (Å²) in [6, 6.07) is 47.0. The number of hydrogen-bond donors (Lipinski definition) is 0. The van der Waals surface area contributed by atoms with Crippen LogP contribution >= 0.6 is 0 Å². The van der Waals surface area contributed by atoms with Crippen molar-refractivity contribution < 1.29 is 8.83 Å². The van der Waals surface area contributed by atoms with Gasteiger partial charge in [0.15, 0.2) is 17.5 Å². The Bertz CT molecular complexity index is 2480. The summed E-state index contributed by atoms with van der Waals surface area (Å²) in [5.41, 5.74) is 8.21. The highest BCUT2D eigenvalue weighted by molar-refractivity contribution is 6.18. The maximum Gasteiger partial charge on any atom is 0.164 e. The van der Waals surface area contributed by atoms with Gasteiger partial charge in [0.25, 0.3) is 0 Å². The molecule has 0 unspecified atom stereocenters. The van der Waals surface area contributed by atoms with E-state index in [-0.39, 0.29) is 0 Å². The second-order valence-corrected chi connectivity index (χ2v) is 10.8. The Balaban J connectivity index is 1.26. The van der Waals surface area contributed by atoms with Crippen LogP contribution in [-0.4, -0.2) is 15.0 Å². The third-order valence-corrected chi connectivity index (χ3v) is 8.15. The third-order valence-electron chi connectivity index (χ3n) is 8.15. The fourth-order valence-electron chi connectivity index (χ4n) is 6.02. The fraction of sp³-hybridized carbons (Fsp3) is 0. The first-order valence-electron chi connectivity index (χ1n) is 14.5. The molecule has 0 radical (unpaired) electrons. The molecular weight excluding hydrogens is 542 g/mol. The van der Waals surface area contributed by atoms with E-state index >= 15 is 0 Å². The summed E-state index contributed by atoms with van der Waals surface area (Å²) in [5, 5.41) is 4.07. The van der Waals surface area contributed by atoms with E-state index in [0.29, 0.717) is 17.5 Å². The summed E-state index contributed by atoms with van der Waals surface area (Å²) in [7, 11) is 0. The van der Waals surface area contributed by atoms with Crippen LogP contribution in [0.2, 0.25) is 0 Å². The number of furan rings is 2. The Kier molecular flexibility index (Phi) is 5.43. The maximum atomic E-state index is 6.37. The van der Waals surface area contributed by atoms with Crippen molar-refractivity contribution in [2.45, 2.75) is 0 Å². The Morgan fingerprint density at radius 3 is 1.66 bits per heavy atom. The summed E-state index contributed by atoms with van der Waals surface area (Å²) in [4.78, 5) is 15.0. The van der Waals surface area contributed by atoms with Gasteiger partial charge < -0.3 is 8.83 Å². The Morgan fingerprint density at radius 2 is 0.886 bits per heavy atom. The van der Waals surface area contributed by atoms with E-state index in [0.717, 1.165) is 66.1 Å². The van der Waals surface area contributed by atoms with Gasteiger partial charge in [-0.05, 0) is 29.3 Å². The van der Waals surface area contributed by atoms with Crippen molar-refractivity contribution in [3.8, 4) is 45.3 Å². The molecule has 44 heavy (non-hydrogen) atoms. The van der Waals surface area contributed by atoms with E-state index in [1.54, 1.807) is 0 Å². The smallest absolute Gasteiger partial charge is 0.164 e. The number of aromatic nitrogens is 3. The second-order valence-electron chi connectivity index (χ2n) is 10.8. The van der Waals surface area contributed by atoms with Gasteiger partial charge in [0, 0.05) is 44.3 Å². The minimum Gasteiger partial charge on any atom is -0.456 e. The number of hydrogen-bond acceptors (Lipinski definition) is 5. The van der Waals surface area contributed by atoms with Crippen molar-refractivity contribution >= 4 is 43.9 Å². The summed E-state index contributed by atoms with van der Waals surface area (Å²) in [5.74, 6) is 1.82. The monoisotopic (exact) mass is 565 g/mol. The number of fused-ring (bicyclic) bond motifs is 6. The van der Waals surface area contributed by atoms with Crippen LogP contribution < -0.4 is 0 Å². The van der Waals surface area contributed by atoms with Crippen LogP contribution in [-0.2, 0) is 0 Å². The molecule has 0 atom stereocenters. The molecule has 206 valence electrons. The van der Waals surface area contributed by atoms with Gasteiger partial charge in [0.05, 0.1) is 0 Å². The Labute approximate surface area is 252 Å². The number of para-hydroxylation sites is 1. The molecule has 9 rings (SSSR count). The fourth-order valence-corrected chi connectivity index (χ4v) is 6.02. The molecule has 0 N–H and O–H groups in total. The number of rotatable bonds is 4. The SMILES string of the molecule is c1ccc(-c2ccc(-c3nc(-c4ccccc4)nc(-c4cccc5oc6cc7oc8ccccc8c7cc6c45)n3)cc2)cc1. The molecule has 0 spiro atoms. The van der Waals surface area contributed by atoms with Crippen LogP contribution in [0.5, 0.6) is 0 Å². The molecule has 0 aliphatic carbocycles. The molecule has 6 aromatic carbocycles. The molecule has 9 aromatic rings. The molecule has 0 aliphatic rings. The van der Waals surface area contributed by atoms with Crippen LogP contribution in [0.25, 0.3) is 89.2 Å². The third kappa shape index (κ3) is 3.98. The zero-order chi connectivity index (χ0) is 29.0. The van der Waals surface area contributed by atoms with Gasteiger partial charge in [0.1, 0.15) is 22.3 Å². The maximum absolute atomic E-state index is 6.37. The second kappa shape index (κ2) is 9.75. The highest BCUT2D eigenvalue weighted by atomic mass is 16.3. The number of nitrogens with zero attached hydrogens (tertiary/aromatic N) is 3. The first kappa shape index (κ1) is 24.5. The number of benzene rings is 6. The molecule has 3 aromatic heterocycles. The lowest BCUT2D eigenvalue weighted by molar-refractivity contribution is 0.656. The van der Waals surface area contributed by atoms with E-state index in [2.05, 4.69) is 54.6 Å².